The highest BCUT2D eigenvalue weighted by Crippen LogP contribution is 2.21. The smallest absolute Gasteiger partial charge is 0.358 e. The van der Waals surface area contributed by atoms with E-state index in [-0.39, 0.29) is 5.69 Å². The largest absolute Gasteiger partial charge is 0.464 e. The van der Waals surface area contributed by atoms with Crippen LogP contribution in [0.25, 0.3) is 0 Å². The van der Waals surface area contributed by atoms with Crippen LogP contribution in [-0.2, 0) is 4.74 Å². The highest BCUT2D eigenvalue weighted by molar-refractivity contribution is 7.99. The maximum atomic E-state index is 11.1. The monoisotopic (exact) mass is 248 g/mol. The molecule has 0 amide bonds. The number of rotatable bonds is 3. The van der Waals surface area contributed by atoms with Crippen LogP contribution in [0.2, 0.25) is 0 Å². The van der Waals surface area contributed by atoms with Gasteiger partial charge >= 0.3 is 5.97 Å². The van der Waals surface area contributed by atoms with E-state index in [1.165, 1.54) is 31.3 Å². The van der Waals surface area contributed by atoms with Gasteiger partial charge in [-0.1, -0.05) is 0 Å². The Morgan fingerprint density at radius 3 is 2.53 bits per heavy atom. The lowest BCUT2D eigenvalue weighted by molar-refractivity contribution is 0.0593. The van der Waals surface area contributed by atoms with E-state index in [0.717, 1.165) is 0 Å². The van der Waals surface area contributed by atoms with Crippen LogP contribution in [-0.4, -0.2) is 33.0 Å². The maximum Gasteiger partial charge on any atom is 0.358 e. The number of ether oxygens (including phenoxy) is 1. The van der Waals surface area contributed by atoms with Gasteiger partial charge < -0.3 is 4.74 Å². The fraction of sp³-hybridized carbons (Fsp3) is 0.100. The van der Waals surface area contributed by atoms with E-state index in [2.05, 4.69) is 24.7 Å². The van der Waals surface area contributed by atoms with E-state index < -0.39 is 5.97 Å². The fourth-order valence-corrected chi connectivity index (χ4v) is 1.68. The first-order valence-electron chi connectivity index (χ1n) is 4.64. The standard InChI is InChI=1S/C10H8N4O2S/c1-16-10(15)7-4-14-9(6-13-7)17-8-5-11-2-3-12-8/h2-6H,1H3. The molecule has 6 nitrogen and oxygen atoms in total. The van der Waals surface area contributed by atoms with Crippen LogP contribution in [0.4, 0.5) is 0 Å². The molecule has 0 bridgehead atoms. The van der Waals surface area contributed by atoms with Crippen molar-refractivity contribution in [3.05, 3.63) is 36.7 Å². The van der Waals surface area contributed by atoms with Crippen molar-refractivity contribution in [2.75, 3.05) is 7.11 Å². The van der Waals surface area contributed by atoms with Gasteiger partial charge in [-0.2, -0.15) is 0 Å². The summed E-state index contributed by atoms with van der Waals surface area (Å²) >= 11 is 1.32. The average Bonchev–Trinajstić information content (AvgIpc) is 2.40. The second-order valence-corrected chi connectivity index (χ2v) is 3.92. The zero-order chi connectivity index (χ0) is 12.1. The normalized spacial score (nSPS) is 9.94. The van der Waals surface area contributed by atoms with E-state index >= 15 is 0 Å². The molecule has 86 valence electrons. The molecule has 0 spiro atoms. The average molecular weight is 248 g/mol. The highest BCUT2D eigenvalue weighted by atomic mass is 32.2. The number of esters is 1. The van der Waals surface area contributed by atoms with E-state index in [4.69, 9.17) is 0 Å². The lowest BCUT2D eigenvalue weighted by Gasteiger charge is -2.00. The molecule has 0 unspecified atom stereocenters. The first-order valence-corrected chi connectivity index (χ1v) is 5.45. The zero-order valence-electron chi connectivity index (χ0n) is 8.90. The van der Waals surface area contributed by atoms with Crippen LogP contribution < -0.4 is 0 Å². The van der Waals surface area contributed by atoms with Gasteiger partial charge in [0.05, 0.1) is 25.7 Å². The Balaban J connectivity index is 2.11. The number of hydrogen-bond donors (Lipinski definition) is 0. The second-order valence-electron chi connectivity index (χ2n) is 2.88. The Bertz CT molecular complexity index is 503. The molecule has 2 aromatic heterocycles. The summed E-state index contributed by atoms with van der Waals surface area (Å²) in [7, 11) is 1.30. The van der Waals surface area contributed by atoms with Crippen molar-refractivity contribution in [3.63, 3.8) is 0 Å². The number of carbonyl (C=O) groups excluding carboxylic acids is 1. The highest BCUT2D eigenvalue weighted by Gasteiger charge is 2.08. The molecule has 2 heterocycles. The van der Waals surface area contributed by atoms with Crippen LogP contribution in [0.5, 0.6) is 0 Å². The topological polar surface area (TPSA) is 77.9 Å². The predicted octanol–water partition coefficient (Wildman–Crippen LogP) is 1.20. The van der Waals surface area contributed by atoms with Gasteiger partial charge in [0, 0.05) is 12.4 Å². The fourth-order valence-electron chi connectivity index (χ4n) is 1.02. The summed E-state index contributed by atoms with van der Waals surface area (Å²) < 4.78 is 4.52. The third kappa shape index (κ3) is 2.97. The second kappa shape index (κ2) is 5.35. The molecule has 0 atom stereocenters. The van der Waals surface area contributed by atoms with Crippen LogP contribution in [0, 0.1) is 0 Å². The van der Waals surface area contributed by atoms with E-state index in [1.54, 1.807) is 18.6 Å². The number of hydrogen-bond acceptors (Lipinski definition) is 7. The Kier molecular flexibility index (Phi) is 3.61. The molecule has 7 heteroatoms. The lowest BCUT2D eigenvalue weighted by Crippen LogP contribution is -2.04. The van der Waals surface area contributed by atoms with Crippen molar-refractivity contribution >= 4 is 17.7 Å². The van der Waals surface area contributed by atoms with Gasteiger partial charge in [0.25, 0.3) is 0 Å². The molecule has 0 saturated carbocycles. The van der Waals surface area contributed by atoms with Crippen molar-refractivity contribution in [2.24, 2.45) is 0 Å². The van der Waals surface area contributed by atoms with Gasteiger partial charge in [-0.3, -0.25) is 4.98 Å². The van der Waals surface area contributed by atoms with E-state index in [9.17, 15) is 4.79 Å². The molecule has 0 aromatic carbocycles. The molecule has 0 radical (unpaired) electrons. The van der Waals surface area contributed by atoms with E-state index in [0.29, 0.717) is 10.1 Å². The van der Waals surface area contributed by atoms with Gasteiger partial charge in [0.15, 0.2) is 5.69 Å². The Hall–Kier alpha value is -2.02. The maximum absolute atomic E-state index is 11.1. The SMILES string of the molecule is COC(=O)c1cnc(Sc2cnccn2)cn1. The molecule has 2 rings (SSSR count). The quantitative estimate of drug-likeness (QED) is 0.755. The van der Waals surface area contributed by atoms with Gasteiger partial charge in [-0.25, -0.2) is 19.7 Å². The van der Waals surface area contributed by atoms with Crippen LogP contribution in [0.15, 0.2) is 41.0 Å². The van der Waals surface area contributed by atoms with Crippen molar-refractivity contribution in [1.29, 1.82) is 0 Å². The molecule has 0 fully saturated rings. The molecular formula is C10H8N4O2S. The Labute approximate surface area is 101 Å². The molecule has 0 aliphatic carbocycles. The minimum atomic E-state index is -0.506. The van der Waals surface area contributed by atoms with Crippen LogP contribution in [0.1, 0.15) is 10.5 Å². The van der Waals surface area contributed by atoms with Gasteiger partial charge in [0.1, 0.15) is 10.1 Å². The Morgan fingerprint density at radius 2 is 1.94 bits per heavy atom. The predicted molar refractivity (Wildman–Crippen MR) is 59.5 cm³/mol. The molecule has 0 aliphatic rings. The summed E-state index contributed by atoms with van der Waals surface area (Å²) in [5, 5.41) is 1.35. The molecule has 2 aromatic rings. The van der Waals surface area contributed by atoms with Crippen molar-refractivity contribution < 1.29 is 9.53 Å². The molecular weight excluding hydrogens is 240 g/mol. The van der Waals surface area contributed by atoms with Crippen molar-refractivity contribution in [1.82, 2.24) is 19.9 Å². The number of nitrogens with zero attached hydrogens (tertiary/aromatic N) is 4. The zero-order valence-corrected chi connectivity index (χ0v) is 9.72. The Morgan fingerprint density at radius 1 is 1.12 bits per heavy atom. The number of carbonyl (C=O) groups is 1. The molecule has 0 aliphatic heterocycles. The summed E-state index contributed by atoms with van der Waals surface area (Å²) in [5.41, 5.74) is 0.177. The third-order valence-corrected chi connectivity index (χ3v) is 2.61. The minimum Gasteiger partial charge on any atom is -0.464 e. The first-order chi connectivity index (χ1) is 8.29. The van der Waals surface area contributed by atoms with Gasteiger partial charge in [-0.05, 0) is 11.8 Å². The molecule has 0 saturated heterocycles. The molecule has 17 heavy (non-hydrogen) atoms. The first kappa shape index (κ1) is 11.5. The van der Waals surface area contributed by atoms with Crippen molar-refractivity contribution in [3.8, 4) is 0 Å². The molecule has 0 N–H and O–H groups in total. The van der Waals surface area contributed by atoms with Crippen molar-refractivity contribution in [2.45, 2.75) is 10.1 Å². The summed E-state index contributed by atoms with van der Waals surface area (Å²) in [5.74, 6) is -0.506. The summed E-state index contributed by atoms with van der Waals surface area (Å²) in [4.78, 5) is 27.2. The summed E-state index contributed by atoms with van der Waals surface area (Å²) in [6, 6.07) is 0. The van der Waals surface area contributed by atoms with Gasteiger partial charge in [0.2, 0.25) is 0 Å². The summed E-state index contributed by atoms with van der Waals surface area (Å²) in [6.07, 6.45) is 7.67. The lowest BCUT2D eigenvalue weighted by atomic mass is 10.5. The van der Waals surface area contributed by atoms with Crippen LogP contribution >= 0.6 is 11.8 Å². The number of methoxy groups -OCH3 is 1. The minimum absolute atomic E-state index is 0.177. The van der Waals surface area contributed by atoms with Crippen LogP contribution in [0.3, 0.4) is 0 Å². The number of aromatic nitrogens is 4. The van der Waals surface area contributed by atoms with Gasteiger partial charge in [-0.15, -0.1) is 0 Å². The van der Waals surface area contributed by atoms with E-state index in [1.807, 2.05) is 0 Å². The third-order valence-electron chi connectivity index (χ3n) is 1.77. The summed E-state index contributed by atoms with van der Waals surface area (Å²) in [6.45, 7) is 0.